The summed E-state index contributed by atoms with van der Waals surface area (Å²) in [6, 6.07) is 3.96. The van der Waals surface area contributed by atoms with E-state index >= 15 is 0 Å². The van der Waals surface area contributed by atoms with Gasteiger partial charge in [-0.3, -0.25) is 4.79 Å². The highest BCUT2D eigenvalue weighted by molar-refractivity contribution is 6.33. The maximum atomic E-state index is 12.9. The predicted octanol–water partition coefficient (Wildman–Crippen LogP) is 2.39. The summed E-state index contributed by atoms with van der Waals surface area (Å²) in [5, 5.41) is 3.08. The fourth-order valence-electron chi connectivity index (χ4n) is 2.68. The Morgan fingerprint density at radius 3 is 3.06 bits per heavy atom. The highest BCUT2D eigenvalue weighted by atomic mass is 35.5. The van der Waals surface area contributed by atoms with Crippen LogP contribution in [0, 0.1) is 11.7 Å². The van der Waals surface area contributed by atoms with Crippen molar-refractivity contribution >= 4 is 17.5 Å². The Bertz CT molecular complexity index is 494. The van der Waals surface area contributed by atoms with Gasteiger partial charge in [-0.2, -0.15) is 0 Å². The van der Waals surface area contributed by atoms with E-state index in [9.17, 15) is 9.18 Å². The van der Waals surface area contributed by atoms with Crippen molar-refractivity contribution in [2.45, 2.75) is 25.0 Å². The number of hydrogen-bond donors (Lipinski definition) is 1. The van der Waals surface area contributed by atoms with Crippen LogP contribution >= 0.6 is 11.6 Å². The van der Waals surface area contributed by atoms with Gasteiger partial charge in [-0.1, -0.05) is 11.6 Å². The molecule has 0 unspecified atom stereocenters. The monoisotopic (exact) mass is 269 g/mol. The van der Waals surface area contributed by atoms with E-state index in [1.165, 1.54) is 12.1 Å². The van der Waals surface area contributed by atoms with E-state index in [-0.39, 0.29) is 17.0 Å². The van der Waals surface area contributed by atoms with Crippen LogP contribution in [-0.4, -0.2) is 24.7 Å². The molecular formula is C13H13ClFNO2. The molecule has 1 aliphatic heterocycles. The molecule has 3 atom stereocenters. The zero-order valence-corrected chi connectivity index (χ0v) is 10.4. The molecule has 1 heterocycles. The molecule has 1 saturated heterocycles. The van der Waals surface area contributed by atoms with Crippen molar-refractivity contribution in [3.63, 3.8) is 0 Å². The fourth-order valence-corrected chi connectivity index (χ4v) is 2.94. The Hall–Kier alpha value is -1.13. The van der Waals surface area contributed by atoms with Gasteiger partial charge >= 0.3 is 0 Å². The Kier molecular flexibility index (Phi) is 2.99. The highest BCUT2D eigenvalue weighted by Gasteiger charge is 2.45. The number of carbonyl (C=O) groups excluding carboxylic acids is 1. The number of hydrogen-bond acceptors (Lipinski definition) is 2. The molecule has 96 valence electrons. The smallest absolute Gasteiger partial charge is 0.253 e. The number of fused-ring (bicyclic) bond motifs is 1. The first-order chi connectivity index (χ1) is 8.65. The van der Waals surface area contributed by atoms with E-state index in [4.69, 9.17) is 16.3 Å². The first-order valence-electron chi connectivity index (χ1n) is 6.02. The summed E-state index contributed by atoms with van der Waals surface area (Å²) in [5.41, 5.74) is 0.320. The summed E-state index contributed by atoms with van der Waals surface area (Å²) in [4.78, 5) is 12.0. The Balaban J connectivity index is 1.68. The molecule has 0 spiro atoms. The van der Waals surface area contributed by atoms with Crippen LogP contribution < -0.4 is 5.32 Å². The van der Waals surface area contributed by atoms with E-state index in [0.717, 1.165) is 25.5 Å². The predicted molar refractivity (Wildman–Crippen MR) is 65.1 cm³/mol. The van der Waals surface area contributed by atoms with Crippen molar-refractivity contribution in [1.82, 2.24) is 5.32 Å². The lowest BCUT2D eigenvalue weighted by molar-refractivity contribution is 0.00810. The number of halogens is 2. The molecule has 1 saturated carbocycles. The van der Waals surface area contributed by atoms with E-state index < -0.39 is 5.82 Å². The van der Waals surface area contributed by atoms with Gasteiger partial charge < -0.3 is 10.1 Å². The number of rotatable bonds is 2. The molecule has 1 aliphatic carbocycles. The van der Waals surface area contributed by atoms with Gasteiger partial charge in [-0.15, -0.1) is 0 Å². The maximum Gasteiger partial charge on any atom is 0.253 e. The number of carbonyl (C=O) groups is 1. The lowest BCUT2D eigenvalue weighted by Crippen LogP contribution is -2.53. The SMILES string of the molecule is O=C(N[C@@H]1C[C@H]2OCC[C@@H]12)c1ccc(F)cc1Cl. The second-order valence-corrected chi connectivity index (χ2v) is 5.21. The summed E-state index contributed by atoms with van der Waals surface area (Å²) in [6.07, 6.45) is 2.15. The molecule has 5 heteroatoms. The number of amides is 1. The zero-order chi connectivity index (χ0) is 12.7. The zero-order valence-electron chi connectivity index (χ0n) is 9.66. The van der Waals surface area contributed by atoms with Crippen LogP contribution in [0.15, 0.2) is 18.2 Å². The lowest BCUT2D eigenvalue weighted by Gasteiger charge is -2.39. The molecule has 0 aromatic heterocycles. The van der Waals surface area contributed by atoms with E-state index in [1.807, 2.05) is 0 Å². The average Bonchev–Trinajstić information content (AvgIpc) is 2.67. The lowest BCUT2D eigenvalue weighted by atomic mass is 9.76. The van der Waals surface area contributed by atoms with Crippen molar-refractivity contribution in [2.24, 2.45) is 5.92 Å². The van der Waals surface area contributed by atoms with Gasteiger partial charge in [-0.25, -0.2) is 4.39 Å². The van der Waals surface area contributed by atoms with Crippen LogP contribution in [0.4, 0.5) is 4.39 Å². The molecule has 18 heavy (non-hydrogen) atoms. The van der Waals surface area contributed by atoms with E-state index in [1.54, 1.807) is 0 Å². The minimum absolute atomic E-state index is 0.144. The van der Waals surface area contributed by atoms with Crippen molar-refractivity contribution in [2.75, 3.05) is 6.61 Å². The molecule has 3 rings (SSSR count). The van der Waals surface area contributed by atoms with Crippen molar-refractivity contribution in [1.29, 1.82) is 0 Å². The van der Waals surface area contributed by atoms with Crippen LogP contribution in [-0.2, 0) is 4.74 Å². The Morgan fingerprint density at radius 1 is 1.50 bits per heavy atom. The van der Waals surface area contributed by atoms with Gasteiger partial charge in [0.25, 0.3) is 5.91 Å². The van der Waals surface area contributed by atoms with Crippen LogP contribution in [0.3, 0.4) is 0 Å². The average molecular weight is 270 g/mol. The minimum atomic E-state index is -0.440. The van der Waals surface area contributed by atoms with Crippen molar-refractivity contribution in [3.8, 4) is 0 Å². The molecule has 1 aromatic rings. The second kappa shape index (κ2) is 4.52. The molecule has 1 aromatic carbocycles. The largest absolute Gasteiger partial charge is 0.378 e. The molecule has 3 nitrogen and oxygen atoms in total. The summed E-state index contributed by atoms with van der Waals surface area (Å²) in [5.74, 6) is -0.257. The van der Waals surface area contributed by atoms with Crippen molar-refractivity contribution in [3.05, 3.63) is 34.6 Å². The van der Waals surface area contributed by atoms with Crippen LogP contribution in [0.25, 0.3) is 0 Å². The molecule has 1 N–H and O–H groups in total. The maximum absolute atomic E-state index is 12.9. The van der Waals surface area contributed by atoms with Gasteiger partial charge in [0, 0.05) is 18.6 Å². The number of ether oxygens (including phenoxy) is 1. The Morgan fingerprint density at radius 2 is 2.33 bits per heavy atom. The highest BCUT2D eigenvalue weighted by Crippen LogP contribution is 2.38. The first-order valence-corrected chi connectivity index (χ1v) is 6.40. The summed E-state index contributed by atoms with van der Waals surface area (Å²) in [6.45, 7) is 0.777. The topological polar surface area (TPSA) is 38.3 Å². The normalized spacial score (nSPS) is 29.6. The third-order valence-corrected chi connectivity index (χ3v) is 4.07. The quantitative estimate of drug-likeness (QED) is 0.895. The van der Waals surface area contributed by atoms with E-state index in [0.29, 0.717) is 17.6 Å². The molecule has 2 aliphatic rings. The standard InChI is InChI=1S/C13H13ClFNO2/c14-10-5-7(15)1-2-8(10)13(17)16-11-6-12-9(11)3-4-18-12/h1-2,5,9,11-12H,3-4,6H2,(H,16,17)/t9-,11+,12+/m0/s1. The molecule has 0 radical (unpaired) electrons. The van der Waals surface area contributed by atoms with Gasteiger partial charge in [0.15, 0.2) is 0 Å². The first kappa shape index (κ1) is 11.9. The number of benzene rings is 1. The Labute approximate surface area is 109 Å². The summed E-state index contributed by atoms with van der Waals surface area (Å²) >= 11 is 5.85. The molecule has 2 fully saturated rings. The number of nitrogens with one attached hydrogen (secondary N) is 1. The van der Waals surface area contributed by atoms with Gasteiger partial charge in [-0.05, 0) is 31.0 Å². The summed E-state index contributed by atoms with van der Waals surface area (Å²) in [7, 11) is 0. The molecule has 1 amide bonds. The van der Waals surface area contributed by atoms with Gasteiger partial charge in [0.05, 0.1) is 16.7 Å². The van der Waals surface area contributed by atoms with Crippen LogP contribution in [0.1, 0.15) is 23.2 Å². The van der Waals surface area contributed by atoms with Crippen LogP contribution in [0.2, 0.25) is 5.02 Å². The second-order valence-electron chi connectivity index (χ2n) is 4.80. The summed E-state index contributed by atoms with van der Waals surface area (Å²) < 4.78 is 18.4. The molecular weight excluding hydrogens is 257 g/mol. The van der Waals surface area contributed by atoms with Gasteiger partial charge in [0.2, 0.25) is 0 Å². The molecule has 0 bridgehead atoms. The fraction of sp³-hybridized carbons (Fsp3) is 0.462. The van der Waals surface area contributed by atoms with Crippen LogP contribution in [0.5, 0.6) is 0 Å². The minimum Gasteiger partial charge on any atom is -0.378 e. The van der Waals surface area contributed by atoms with E-state index in [2.05, 4.69) is 5.32 Å². The third kappa shape index (κ3) is 1.99. The third-order valence-electron chi connectivity index (χ3n) is 3.76. The van der Waals surface area contributed by atoms with Gasteiger partial charge in [0.1, 0.15) is 5.82 Å². The van der Waals surface area contributed by atoms with Crippen molar-refractivity contribution < 1.29 is 13.9 Å².